The summed E-state index contributed by atoms with van der Waals surface area (Å²) in [7, 11) is 0. The maximum absolute atomic E-state index is 13.7. The van der Waals surface area contributed by atoms with Crippen molar-refractivity contribution >= 4 is 16.9 Å². The lowest BCUT2D eigenvalue weighted by molar-refractivity contribution is -0.131. The topological polar surface area (TPSA) is 71.7 Å². The van der Waals surface area contributed by atoms with E-state index in [0.717, 1.165) is 25.7 Å². The van der Waals surface area contributed by atoms with Gasteiger partial charge in [0.15, 0.2) is 11.3 Å². The van der Waals surface area contributed by atoms with Crippen LogP contribution in [0.1, 0.15) is 52.4 Å². The van der Waals surface area contributed by atoms with E-state index in [4.69, 9.17) is 9.15 Å². The minimum absolute atomic E-state index is 0.0577. The van der Waals surface area contributed by atoms with Crippen molar-refractivity contribution in [3.05, 3.63) is 30.3 Å². The molecule has 28 heavy (non-hydrogen) atoms. The summed E-state index contributed by atoms with van der Waals surface area (Å²) in [5, 5.41) is 14.0. The fourth-order valence-corrected chi connectivity index (χ4v) is 4.42. The summed E-state index contributed by atoms with van der Waals surface area (Å²) in [5.74, 6) is 0.353. The Hall–Kier alpha value is -2.08. The van der Waals surface area contributed by atoms with Crippen LogP contribution in [0, 0.1) is 17.7 Å². The summed E-state index contributed by atoms with van der Waals surface area (Å²) >= 11 is 0. The normalized spacial score (nSPS) is 28.0. The van der Waals surface area contributed by atoms with E-state index in [1.165, 1.54) is 18.4 Å². The summed E-state index contributed by atoms with van der Waals surface area (Å²) in [6.45, 7) is 3.72. The quantitative estimate of drug-likeness (QED) is 0.805. The van der Waals surface area contributed by atoms with E-state index in [0.29, 0.717) is 35.5 Å². The first-order chi connectivity index (χ1) is 13.3. The van der Waals surface area contributed by atoms with E-state index >= 15 is 0 Å². The number of aliphatic hydroxyl groups is 1. The molecule has 0 spiro atoms. The van der Waals surface area contributed by atoms with Gasteiger partial charge in [-0.2, -0.15) is 0 Å². The van der Waals surface area contributed by atoms with Crippen LogP contribution in [-0.4, -0.2) is 28.8 Å². The van der Waals surface area contributed by atoms with Crippen LogP contribution in [0.15, 0.2) is 28.9 Å². The number of halogens is 1. The van der Waals surface area contributed by atoms with Gasteiger partial charge in [-0.05, 0) is 70.4 Å². The minimum Gasteiger partial charge on any atom is -0.486 e. The molecular formula is C22H28FNO4. The molecule has 0 bridgehead atoms. The molecule has 0 saturated heterocycles. The summed E-state index contributed by atoms with van der Waals surface area (Å²) in [5.41, 5.74) is -0.109. The molecule has 1 aromatic carbocycles. The van der Waals surface area contributed by atoms with E-state index < -0.39 is 5.60 Å². The minimum atomic E-state index is -0.649. The third kappa shape index (κ3) is 4.02. The molecule has 5 nitrogen and oxygen atoms in total. The molecule has 152 valence electrons. The van der Waals surface area contributed by atoms with Crippen molar-refractivity contribution in [3.63, 3.8) is 0 Å². The van der Waals surface area contributed by atoms with Crippen molar-refractivity contribution in [2.45, 2.75) is 70.1 Å². The number of hydrogen-bond donors (Lipinski definition) is 2. The Kier molecular flexibility index (Phi) is 5.08. The van der Waals surface area contributed by atoms with Crippen molar-refractivity contribution in [3.8, 4) is 5.75 Å². The third-order valence-electron chi connectivity index (χ3n) is 6.31. The van der Waals surface area contributed by atoms with Gasteiger partial charge in [0.1, 0.15) is 11.9 Å². The predicted molar refractivity (Wildman–Crippen MR) is 103 cm³/mol. The van der Waals surface area contributed by atoms with Crippen LogP contribution in [0.2, 0.25) is 0 Å². The van der Waals surface area contributed by atoms with Crippen LogP contribution < -0.4 is 10.1 Å². The molecule has 2 fully saturated rings. The number of amides is 1. The molecule has 2 saturated carbocycles. The Morgan fingerprint density at radius 2 is 1.96 bits per heavy atom. The zero-order valence-corrected chi connectivity index (χ0v) is 16.4. The molecule has 0 unspecified atom stereocenters. The van der Waals surface area contributed by atoms with Gasteiger partial charge in [0.25, 0.3) is 0 Å². The number of nitrogens with one attached hydrogen (secondary N) is 1. The maximum Gasteiger partial charge on any atom is 0.223 e. The average molecular weight is 389 g/mol. The Morgan fingerprint density at radius 3 is 2.64 bits per heavy atom. The Bertz CT molecular complexity index is 842. The smallest absolute Gasteiger partial charge is 0.223 e. The third-order valence-corrected chi connectivity index (χ3v) is 6.31. The molecule has 0 atom stereocenters. The van der Waals surface area contributed by atoms with Crippen LogP contribution in [0.25, 0.3) is 11.0 Å². The molecule has 2 aliphatic rings. The molecule has 6 heteroatoms. The van der Waals surface area contributed by atoms with E-state index in [9.17, 15) is 14.3 Å². The van der Waals surface area contributed by atoms with Crippen LogP contribution in [0.3, 0.4) is 0 Å². The number of rotatable bonds is 5. The zero-order chi connectivity index (χ0) is 19.9. The van der Waals surface area contributed by atoms with Crippen molar-refractivity contribution in [2.75, 3.05) is 0 Å². The van der Waals surface area contributed by atoms with Gasteiger partial charge in [-0.15, -0.1) is 0 Å². The van der Waals surface area contributed by atoms with Crippen LogP contribution >= 0.6 is 0 Å². The van der Waals surface area contributed by atoms with E-state index in [2.05, 4.69) is 5.32 Å². The van der Waals surface area contributed by atoms with Gasteiger partial charge in [0, 0.05) is 23.4 Å². The van der Waals surface area contributed by atoms with Gasteiger partial charge in [-0.3, -0.25) is 4.79 Å². The van der Waals surface area contributed by atoms with Crippen molar-refractivity contribution in [2.24, 2.45) is 11.8 Å². The fraction of sp³-hybridized carbons (Fsp3) is 0.591. The number of carbonyl (C=O) groups excluding carboxylic acids is 1. The Balaban J connectivity index is 1.25. The molecule has 2 N–H and O–H groups in total. The molecule has 2 aromatic rings. The second kappa shape index (κ2) is 7.39. The lowest BCUT2D eigenvalue weighted by Gasteiger charge is -2.38. The molecular weight excluding hydrogens is 361 g/mol. The van der Waals surface area contributed by atoms with E-state index in [1.54, 1.807) is 6.07 Å². The summed E-state index contributed by atoms with van der Waals surface area (Å²) < 4.78 is 25.0. The van der Waals surface area contributed by atoms with Gasteiger partial charge in [-0.1, -0.05) is 0 Å². The summed E-state index contributed by atoms with van der Waals surface area (Å²) in [6, 6.07) is 4.64. The predicted octanol–water partition coefficient (Wildman–Crippen LogP) is 4.18. The van der Waals surface area contributed by atoms with Crippen LogP contribution in [0.5, 0.6) is 5.75 Å². The lowest BCUT2D eigenvalue weighted by atomic mass is 9.76. The second-order valence-corrected chi connectivity index (χ2v) is 8.86. The standard InChI is InChI=1S/C22H28FNO4/c1-22(2,26)15-3-5-17(6-4-15)24-21(25)14-10-18(11-14)28-19-12-16(23)9-13-7-8-27-20(13)19/h7-9,12,14-15,17-18,26H,3-6,10-11H2,1-2H3,(H,24,25)/t14-,15-,17-,18-. The van der Waals surface area contributed by atoms with E-state index in [1.807, 2.05) is 13.8 Å². The number of hydrogen-bond acceptors (Lipinski definition) is 4. The monoisotopic (exact) mass is 389 g/mol. The fourth-order valence-electron chi connectivity index (χ4n) is 4.42. The lowest BCUT2D eigenvalue weighted by Crippen LogP contribution is -2.48. The molecule has 1 aromatic heterocycles. The first kappa shape index (κ1) is 19.2. The zero-order valence-electron chi connectivity index (χ0n) is 16.4. The number of carbonyl (C=O) groups is 1. The Morgan fingerprint density at radius 1 is 1.25 bits per heavy atom. The number of ether oxygens (including phenoxy) is 1. The molecule has 1 heterocycles. The average Bonchev–Trinajstić information content (AvgIpc) is 3.05. The highest BCUT2D eigenvalue weighted by atomic mass is 19.1. The Labute approximate surface area is 164 Å². The highest BCUT2D eigenvalue weighted by Gasteiger charge is 2.38. The highest BCUT2D eigenvalue weighted by molar-refractivity contribution is 5.83. The number of benzene rings is 1. The number of fused-ring (bicyclic) bond motifs is 1. The molecule has 2 aliphatic carbocycles. The number of furan rings is 1. The maximum atomic E-state index is 13.7. The summed E-state index contributed by atoms with van der Waals surface area (Å²) in [4.78, 5) is 12.5. The van der Waals surface area contributed by atoms with Crippen LogP contribution in [0.4, 0.5) is 4.39 Å². The van der Waals surface area contributed by atoms with Gasteiger partial charge < -0.3 is 19.6 Å². The van der Waals surface area contributed by atoms with Crippen molar-refractivity contribution < 1.29 is 23.4 Å². The molecule has 0 radical (unpaired) electrons. The van der Waals surface area contributed by atoms with Gasteiger partial charge in [0.05, 0.1) is 11.9 Å². The van der Waals surface area contributed by atoms with Gasteiger partial charge >= 0.3 is 0 Å². The van der Waals surface area contributed by atoms with Gasteiger partial charge in [0.2, 0.25) is 5.91 Å². The largest absolute Gasteiger partial charge is 0.486 e. The summed E-state index contributed by atoms with van der Waals surface area (Å²) in [6.07, 6.45) is 6.36. The highest BCUT2D eigenvalue weighted by Crippen LogP contribution is 2.36. The van der Waals surface area contributed by atoms with E-state index in [-0.39, 0.29) is 29.8 Å². The molecule has 4 rings (SSSR count). The van der Waals surface area contributed by atoms with Crippen molar-refractivity contribution in [1.29, 1.82) is 0 Å². The second-order valence-electron chi connectivity index (χ2n) is 8.86. The van der Waals surface area contributed by atoms with Crippen LogP contribution in [-0.2, 0) is 4.79 Å². The molecule has 0 aliphatic heterocycles. The molecule has 1 amide bonds. The van der Waals surface area contributed by atoms with Crippen molar-refractivity contribution in [1.82, 2.24) is 5.32 Å². The SMILES string of the molecule is CC(C)(O)[C@H]1CC[C@H](NC(=O)[C@H]2C[C@H](Oc3cc(F)cc4ccoc34)C2)CC1. The first-order valence-electron chi connectivity index (χ1n) is 10.2. The van der Waals surface area contributed by atoms with Gasteiger partial charge in [-0.25, -0.2) is 4.39 Å². The first-order valence-corrected chi connectivity index (χ1v) is 10.2.